The summed E-state index contributed by atoms with van der Waals surface area (Å²) < 4.78 is 6.82. The van der Waals surface area contributed by atoms with E-state index < -0.39 is 5.91 Å². The number of methoxy groups -OCH3 is 1. The molecule has 0 unspecified atom stereocenters. The monoisotopic (exact) mass is 411 g/mol. The maximum absolute atomic E-state index is 13.1. The van der Waals surface area contributed by atoms with Gasteiger partial charge in [0.05, 0.1) is 18.5 Å². The number of piperidine rings is 1. The lowest BCUT2D eigenvalue weighted by molar-refractivity contribution is 0.0744. The lowest BCUT2D eigenvalue weighted by Gasteiger charge is -2.26. The highest BCUT2D eigenvalue weighted by Gasteiger charge is 2.27. The number of rotatable bonds is 5. The second kappa shape index (κ2) is 9.06. The van der Waals surface area contributed by atoms with Gasteiger partial charge < -0.3 is 4.74 Å². The molecule has 1 aliphatic rings. The fourth-order valence-electron chi connectivity index (χ4n) is 3.76. The molecular formula is C23H22BN5O2. The van der Waals surface area contributed by atoms with Crippen molar-refractivity contribution in [3.05, 3.63) is 59.8 Å². The molecule has 154 valence electrons. The molecule has 0 spiro atoms. The molecule has 0 atom stereocenters. The van der Waals surface area contributed by atoms with E-state index in [4.69, 9.17) is 12.6 Å². The smallest absolute Gasteiger partial charge is 0.287 e. The summed E-state index contributed by atoms with van der Waals surface area (Å²) in [5.41, 5.74) is 5.50. The minimum atomic E-state index is -0.401. The number of ether oxygens (including phenoxy) is 1. The van der Waals surface area contributed by atoms with E-state index in [2.05, 4.69) is 16.6 Å². The zero-order valence-electron chi connectivity index (χ0n) is 17.3. The van der Waals surface area contributed by atoms with Crippen molar-refractivity contribution in [3.63, 3.8) is 0 Å². The van der Waals surface area contributed by atoms with E-state index in [1.54, 1.807) is 30.0 Å². The predicted molar refractivity (Wildman–Crippen MR) is 119 cm³/mol. The van der Waals surface area contributed by atoms with Gasteiger partial charge in [0, 0.05) is 18.7 Å². The average Bonchev–Trinajstić information content (AvgIpc) is 3.19. The summed E-state index contributed by atoms with van der Waals surface area (Å²) in [5.74, 6) is 0.289. The Morgan fingerprint density at radius 1 is 1.13 bits per heavy atom. The maximum Gasteiger partial charge on any atom is 0.287 e. The minimum Gasteiger partial charge on any atom is -0.497 e. The predicted octanol–water partition coefficient (Wildman–Crippen LogP) is 2.34. The van der Waals surface area contributed by atoms with Crippen LogP contribution in [0.4, 0.5) is 0 Å². The third kappa shape index (κ3) is 4.18. The van der Waals surface area contributed by atoms with Crippen LogP contribution < -0.4 is 15.6 Å². The molecule has 31 heavy (non-hydrogen) atoms. The largest absolute Gasteiger partial charge is 0.497 e. The van der Waals surface area contributed by atoms with Crippen molar-refractivity contribution < 1.29 is 9.53 Å². The Bertz CT molecular complexity index is 1130. The van der Waals surface area contributed by atoms with Gasteiger partial charge in [-0.25, -0.2) is 9.69 Å². The number of carbonyl (C=O) groups is 1. The first-order chi connectivity index (χ1) is 15.1. The Morgan fingerprint density at radius 3 is 2.48 bits per heavy atom. The van der Waals surface area contributed by atoms with E-state index in [-0.39, 0.29) is 11.3 Å². The highest BCUT2D eigenvalue weighted by molar-refractivity contribution is 6.34. The molecule has 1 aliphatic heterocycles. The fraction of sp³-hybridized carbons (Fsp3) is 0.261. The molecule has 1 saturated heterocycles. The number of aromatic nitrogens is 2. The molecule has 1 amide bonds. The zero-order valence-corrected chi connectivity index (χ0v) is 17.3. The van der Waals surface area contributed by atoms with Crippen LogP contribution in [0.15, 0.2) is 48.5 Å². The van der Waals surface area contributed by atoms with Crippen molar-refractivity contribution in [2.45, 2.75) is 19.3 Å². The van der Waals surface area contributed by atoms with E-state index in [0.29, 0.717) is 22.6 Å². The number of hydrogen-bond donors (Lipinski definition) is 1. The number of nitrogens with one attached hydrogen (secondary N) is 1. The Labute approximate surface area is 182 Å². The Kier molecular flexibility index (Phi) is 6.05. The van der Waals surface area contributed by atoms with Crippen LogP contribution in [0.1, 0.15) is 35.3 Å². The van der Waals surface area contributed by atoms with Gasteiger partial charge in [0.25, 0.3) is 5.91 Å². The second-order valence-corrected chi connectivity index (χ2v) is 7.37. The van der Waals surface area contributed by atoms with Crippen molar-refractivity contribution in [2.24, 2.45) is 0 Å². The van der Waals surface area contributed by atoms with Gasteiger partial charge >= 0.3 is 0 Å². The van der Waals surface area contributed by atoms with E-state index in [9.17, 15) is 10.1 Å². The first-order valence-electron chi connectivity index (χ1n) is 10.2. The Morgan fingerprint density at radius 2 is 1.84 bits per heavy atom. The normalized spacial score (nSPS) is 14.1. The molecule has 0 saturated carbocycles. The van der Waals surface area contributed by atoms with E-state index >= 15 is 0 Å². The second-order valence-electron chi connectivity index (χ2n) is 7.37. The number of amides is 1. The summed E-state index contributed by atoms with van der Waals surface area (Å²) >= 11 is 0. The van der Waals surface area contributed by atoms with Gasteiger partial charge in [0.1, 0.15) is 25.2 Å². The molecule has 0 bridgehead atoms. The van der Waals surface area contributed by atoms with E-state index in [1.807, 2.05) is 35.3 Å². The number of hydrazine groups is 1. The van der Waals surface area contributed by atoms with Crippen LogP contribution in [-0.4, -0.2) is 48.7 Å². The van der Waals surface area contributed by atoms with Crippen LogP contribution in [0.3, 0.4) is 0 Å². The van der Waals surface area contributed by atoms with Crippen molar-refractivity contribution in [1.29, 1.82) is 5.26 Å². The number of hydrogen-bond acceptors (Lipinski definition) is 5. The molecule has 4 rings (SSSR count). The molecule has 1 aromatic heterocycles. The van der Waals surface area contributed by atoms with Crippen LogP contribution in [0.2, 0.25) is 0 Å². The van der Waals surface area contributed by atoms with Crippen LogP contribution in [0, 0.1) is 11.3 Å². The summed E-state index contributed by atoms with van der Waals surface area (Å²) in [6, 6.07) is 16.7. The van der Waals surface area contributed by atoms with E-state index in [1.165, 1.54) is 0 Å². The first-order valence-corrected chi connectivity index (χ1v) is 10.2. The molecule has 1 fully saturated rings. The summed E-state index contributed by atoms with van der Waals surface area (Å²) in [4.78, 5) is 13.1. The quantitative estimate of drug-likeness (QED) is 0.652. The van der Waals surface area contributed by atoms with Crippen LogP contribution in [0.25, 0.3) is 16.9 Å². The van der Waals surface area contributed by atoms with Gasteiger partial charge in [0.2, 0.25) is 0 Å². The molecule has 2 radical (unpaired) electrons. The fourth-order valence-corrected chi connectivity index (χ4v) is 3.76. The van der Waals surface area contributed by atoms with Crippen molar-refractivity contribution in [3.8, 4) is 28.8 Å². The highest BCUT2D eigenvalue weighted by Crippen LogP contribution is 2.30. The zero-order chi connectivity index (χ0) is 21.8. The van der Waals surface area contributed by atoms with Gasteiger partial charge in [-0.3, -0.25) is 10.2 Å². The highest BCUT2D eigenvalue weighted by atomic mass is 16.5. The molecule has 3 aromatic rings. The Hall–Kier alpha value is -3.57. The van der Waals surface area contributed by atoms with Crippen LogP contribution in [0.5, 0.6) is 5.75 Å². The molecule has 2 heterocycles. The summed E-state index contributed by atoms with van der Waals surface area (Å²) in [6.07, 6.45) is 3.20. The number of carbonyl (C=O) groups excluding carboxylic acids is 1. The summed E-state index contributed by atoms with van der Waals surface area (Å²) in [6.45, 7) is 1.57. The lowest BCUT2D eigenvalue weighted by Crippen LogP contribution is -2.45. The van der Waals surface area contributed by atoms with Crippen molar-refractivity contribution in [2.75, 3.05) is 20.2 Å². The number of para-hydroxylation sites is 1. The molecule has 0 aliphatic carbocycles. The topological polar surface area (TPSA) is 83.2 Å². The third-order valence-electron chi connectivity index (χ3n) is 5.36. The maximum atomic E-state index is 13.1. The lowest BCUT2D eigenvalue weighted by atomic mass is 9.94. The first kappa shape index (κ1) is 20.7. The van der Waals surface area contributed by atoms with Gasteiger partial charge in [-0.15, -0.1) is 0 Å². The number of benzene rings is 2. The summed E-state index contributed by atoms with van der Waals surface area (Å²) in [5, 5.41) is 16.4. The number of nitrogens with zero attached hydrogens (tertiary/aromatic N) is 4. The number of nitriles is 1. The Balaban J connectivity index is 1.83. The van der Waals surface area contributed by atoms with Gasteiger partial charge in [0.15, 0.2) is 5.69 Å². The standard InChI is InChI=1S/C23H22BN5O2/c1-31-17-11-9-16(10-12-17)22-18(15-25)21(23(30)27-28-13-5-2-6-14-28)26-29(22)20-8-4-3-7-19(20)24/h3-4,7-12H,2,5-6,13-14H2,1H3,(H,27,30). The van der Waals surface area contributed by atoms with Crippen molar-refractivity contribution in [1.82, 2.24) is 20.2 Å². The van der Waals surface area contributed by atoms with Crippen LogP contribution >= 0.6 is 0 Å². The molecule has 8 heteroatoms. The average molecular weight is 411 g/mol. The molecule has 7 nitrogen and oxygen atoms in total. The SMILES string of the molecule is [B]c1ccccc1-n1nc(C(=O)NN2CCCCC2)c(C#N)c1-c1ccc(OC)cc1. The van der Waals surface area contributed by atoms with Gasteiger partial charge in [-0.1, -0.05) is 30.1 Å². The van der Waals surface area contributed by atoms with Crippen LogP contribution in [-0.2, 0) is 0 Å². The van der Waals surface area contributed by atoms with Crippen molar-refractivity contribution >= 4 is 19.2 Å². The molecule has 2 aromatic carbocycles. The van der Waals surface area contributed by atoms with Gasteiger partial charge in [-0.2, -0.15) is 10.4 Å². The molecule has 1 N–H and O–H groups in total. The third-order valence-corrected chi connectivity index (χ3v) is 5.36. The summed E-state index contributed by atoms with van der Waals surface area (Å²) in [7, 11) is 7.79. The molecular weight excluding hydrogens is 389 g/mol. The van der Waals surface area contributed by atoms with Gasteiger partial charge in [-0.05, 0) is 43.2 Å². The minimum absolute atomic E-state index is 0.0714. The van der Waals surface area contributed by atoms with E-state index in [0.717, 1.165) is 37.9 Å².